The number of carbonyl (C=O) groups excluding carboxylic acids is 3. The summed E-state index contributed by atoms with van der Waals surface area (Å²) in [4.78, 5) is 40.5. The second-order valence-electron chi connectivity index (χ2n) is 9.58. The van der Waals surface area contributed by atoms with Gasteiger partial charge in [0.15, 0.2) is 0 Å². The van der Waals surface area contributed by atoms with Gasteiger partial charge in [-0.2, -0.15) is 13.2 Å². The quantitative estimate of drug-likeness (QED) is 0.306. The van der Waals surface area contributed by atoms with Crippen molar-refractivity contribution in [2.24, 2.45) is 5.73 Å². The second-order valence-corrected chi connectivity index (χ2v) is 9.58. The summed E-state index contributed by atoms with van der Waals surface area (Å²) >= 11 is 0. The highest BCUT2D eigenvalue weighted by molar-refractivity contribution is 5.96. The third-order valence-corrected chi connectivity index (χ3v) is 6.78. The summed E-state index contributed by atoms with van der Waals surface area (Å²) in [7, 11) is 1.01. The number of carbonyl (C=O) groups is 3. The number of benzene rings is 2. The van der Waals surface area contributed by atoms with Crippen LogP contribution in [0.1, 0.15) is 28.5 Å². The number of nitrogens with zero attached hydrogens (tertiary/aromatic N) is 1. The van der Waals surface area contributed by atoms with Crippen LogP contribution < -0.4 is 21.1 Å². The Hall–Kier alpha value is -4.79. The number of alkyl halides is 3. The van der Waals surface area contributed by atoms with E-state index in [1.54, 1.807) is 0 Å². The highest BCUT2D eigenvalue weighted by Gasteiger charge is 2.57. The molecule has 15 heteroatoms. The molecule has 1 aromatic heterocycles. The summed E-state index contributed by atoms with van der Waals surface area (Å²) < 4.78 is 81.1. The topological polar surface area (TPSA) is 153 Å². The van der Waals surface area contributed by atoms with E-state index >= 15 is 0 Å². The number of ether oxygens (including phenoxy) is 2. The standard InChI is InChI=1S/C27H23F5N4O6/c1-25(23(33)38)12-42-21-16(25)10-19(36-20(21)13-3-6-15(28)7-4-13)26(40,27(30,31)32)11-34-22(37)14-5-8-17(29)18(9-14)35-24(39)41-2/h3-10,40H,11-12H2,1-2H3,(H2,33,38)(H,34,37)(H,35,39)/t25-,26?/m0/s1. The SMILES string of the molecule is COC(=O)Nc1cc(C(=O)NCC(O)(c2cc3c(c(-c4ccc(F)cc4)n2)OC[C@]3(C)C(N)=O)C(F)(F)F)ccc1F. The summed E-state index contributed by atoms with van der Waals surface area (Å²) in [6.07, 6.45) is -6.51. The Bertz CT molecular complexity index is 1570. The van der Waals surface area contributed by atoms with Crippen molar-refractivity contribution in [3.05, 3.63) is 77.0 Å². The number of methoxy groups -OCH3 is 1. The number of anilines is 1. The van der Waals surface area contributed by atoms with Gasteiger partial charge in [0.25, 0.3) is 5.91 Å². The van der Waals surface area contributed by atoms with Crippen molar-refractivity contribution in [3.63, 3.8) is 0 Å². The third-order valence-electron chi connectivity index (χ3n) is 6.78. The molecule has 0 aliphatic carbocycles. The molecule has 10 nitrogen and oxygen atoms in total. The van der Waals surface area contributed by atoms with E-state index in [1.807, 2.05) is 10.6 Å². The van der Waals surface area contributed by atoms with Crippen LogP contribution in [0.3, 0.4) is 0 Å². The van der Waals surface area contributed by atoms with Gasteiger partial charge in [-0.1, -0.05) is 0 Å². The molecule has 1 unspecified atom stereocenters. The molecule has 4 rings (SSSR count). The number of pyridine rings is 1. The first-order chi connectivity index (χ1) is 19.6. The number of nitrogens with two attached hydrogens (primary N) is 1. The van der Waals surface area contributed by atoms with Crippen LogP contribution in [0.4, 0.5) is 32.4 Å². The normalized spacial score (nSPS) is 17.4. The summed E-state index contributed by atoms with van der Waals surface area (Å²) in [6.45, 7) is -0.484. The summed E-state index contributed by atoms with van der Waals surface area (Å²) in [6, 6.07) is 7.89. The molecule has 5 N–H and O–H groups in total. The van der Waals surface area contributed by atoms with Gasteiger partial charge in [0.1, 0.15) is 35.1 Å². The largest absolute Gasteiger partial charge is 0.489 e. The van der Waals surface area contributed by atoms with E-state index in [9.17, 15) is 41.4 Å². The van der Waals surface area contributed by atoms with Crippen LogP contribution in [0.15, 0.2) is 48.5 Å². The number of hydrogen-bond acceptors (Lipinski definition) is 7. The van der Waals surface area contributed by atoms with E-state index in [-0.39, 0.29) is 34.7 Å². The maximum Gasteiger partial charge on any atom is 0.424 e. The molecule has 222 valence electrons. The zero-order valence-electron chi connectivity index (χ0n) is 21.9. The molecule has 0 spiro atoms. The lowest BCUT2D eigenvalue weighted by Crippen LogP contribution is -2.51. The van der Waals surface area contributed by atoms with Crippen LogP contribution in [0, 0.1) is 11.6 Å². The lowest BCUT2D eigenvalue weighted by molar-refractivity contribution is -0.265. The molecule has 1 aliphatic rings. The molecule has 2 heterocycles. The molecule has 2 atom stereocenters. The molecule has 3 amide bonds. The molecule has 1 aliphatic heterocycles. The van der Waals surface area contributed by atoms with Crippen LogP contribution in [0.5, 0.6) is 5.75 Å². The Morgan fingerprint density at radius 1 is 1.12 bits per heavy atom. The average Bonchev–Trinajstić information content (AvgIpc) is 3.29. The number of halogens is 5. The van der Waals surface area contributed by atoms with Gasteiger partial charge < -0.3 is 25.6 Å². The lowest BCUT2D eigenvalue weighted by atomic mass is 9.81. The highest BCUT2D eigenvalue weighted by Crippen LogP contribution is 2.47. The number of primary amides is 1. The number of hydrogen-bond donors (Lipinski definition) is 4. The number of rotatable bonds is 7. The van der Waals surface area contributed by atoms with Crippen LogP contribution in [-0.2, 0) is 20.5 Å². The predicted molar refractivity (Wildman–Crippen MR) is 136 cm³/mol. The Kier molecular flexibility index (Phi) is 7.82. The van der Waals surface area contributed by atoms with E-state index in [0.717, 1.165) is 43.5 Å². The minimum absolute atomic E-state index is 0.0860. The van der Waals surface area contributed by atoms with E-state index in [1.165, 1.54) is 19.1 Å². The molecule has 0 bridgehead atoms. The Morgan fingerprint density at radius 3 is 2.38 bits per heavy atom. The molecule has 2 aromatic carbocycles. The zero-order chi connectivity index (χ0) is 31.0. The van der Waals surface area contributed by atoms with Crippen molar-refractivity contribution in [1.82, 2.24) is 10.3 Å². The van der Waals surface area contributed by atoms with Crippen molar-refractivity contribution in [2.45, 2.75) is 24.1 Å². The van der Waals surface area contributed by atoms with Gasteiger partial charge in [-0.3, -0.25) is 14.9 Å². The van der Waals surface area contributed by atoms with E-state index in [4.69, 9.17) is 10.5 Å². The van der Waals surface area contributed by atoms with Crippen LogP contribution in [-0.4, -0.2) is 54.4 Å². The Morgan fingerprint density at radius 2 is 1.79 bits per heavy atom. The highest BCUT2D eigenvalue weighted by atomic mass is 19.4. The number of amides is 3. The van der Waals surface area contributed by atoms with E-state index in [2.05, 4.69) is 9.72 Å². The van der Waals surface area contributed by atoms with Crippen LogP contribution in [0.25, 0.3) is 11.3 Å². The fraction of sp³-hybridized carbons (Fsp3) is 0.259. The van der Waals surface area contributed by atoms with Gasteiger partial charge in [0.2, 0.25) is 11.5 Å². The van der Waals surface area contributed by atoms with Gasteiger partial charge in [-0.15, -0.1) is 0 Å². The number of aliphatic hydroxyl groups is 1. The summed E-state index contributed by atoms with van der Waals surface area (Å²) in [5, 5.41) is 15.0. The van der Waals surface area contributed by atoms with Gasteiger partial charge in [-0.05, 0) is 55.5 Å². The molecule has 0 fully saturated rings. The number of fused-ring (bicyclic) bond motifs is 1. The maximum absolute atomic E-state index is 14.5. The predicted octanol–water partition coefficient (Wildman–Crippen LogP) is 3.52. The summed E-state index contributed by atoms with van der Waals surface area (Å²) in [5.41, 5.74) is -2.02. The molecule has 0 saturated heterocycles. The second kappa shape index (κ2) is 10.9. The monoisotopic (exact) mass is 594 g/mol. The summed E-state index contributed by atoms with van der Waals surface area (Å²) in [5.74, 6) is -3.79. The van der Waals surface area contributed by atoms with E-state index in [0.29, 0.717) is 0 Å². The molecular weight excluding hydrogens is 571 g/mol. The van der Waals surface area contributed by atoms with Crippen LogP contribution in [0.2, 0.25) is 0 Å². The van der Waals surface area contributed by atoms with Gasteiger partial charge >= 0.3 is 12.3 Å². The molecule has 0 radical (unpaired) electrons. The molecule has 42 heavy (non-hydrogen) atoms. The Labute approximate surface area is 234 Å². The zero-order valence-corrected chi connectivity index (χ0v) is 21.9. The van der Waals surface area contributed by atoms with Crippen molar-refractivity contribution in [2.75, 3.05) is 25.6 Å². The third kappa shape index (κ3) is 5.42. The minimum atomic E-state index is -5.44. The fourth-order valence-electron chi connectivity index (χ4n) is 4.17. The number of nitrogens with one attached hydrogen (secondary N) is 2. The Balaban J connectivity index is 1.77. The molecule has 0 saturated carbocycles. The first-order valence-electron chi connectivity index (χ1n) is 12.1. The van der Waals surface area contributed by atoms with Crippen LogP contribution >= 0.6 is 0 Å². The fourth-order valence-corrected chi connectivity index (χ4v) is 4.17. The maximum atomic E-state index is 14.5. The van der Waals surface area contributed by atoms with Crippen molar-refractivity contribution in [3.8, 4) is 17.0 Å². The van der Waals surface area contributed by atoms with Crippen molar-refractivity contribution < 1.29 is 50.9 Å². The van der Waals surface area contributed by atoms with Gasteiger partial charge in [-0.25, -0.2) is 18.6 Å². The van der Waals surface area contributed by atoms with Gasteiger partial charge in [0.05, 0.1) is 25.0 Å². The van der Waals surface area contributed by atoms with Crippen molar-refractivity contribution >= 4 is 23.6 Å². The first-order valence-corrected chi connectivity index (χ1v) is 12.1. The minimum Gasteiger partial charge on any atom is -0.489 e. The molecule has 3 aromatic rings. The smallest absolute Gasteiger partial charge is 0.424 e. The average molecular weight is 594 g/mol. The van der Waals surface area contributed by atoms with E-state index < -0.39 is 64.7 Å². The number of aromatic nitrogens is 1. The van der Waals surface area contributed by atoms with Gasteiger partial charge in [0, 0.05) is 16.7 Å². The van der Waals surface area contributed by atoms with Crippen molar-refractivity contribution in [1.29, 1.82) is 0 Å². The molecular formula is C27H23F5N4O6. The first kappa shape index (κ1) is 30.2. The lowest BCUT2D eigenvalue weighted by Gasteiger charge is -2.31.